The molecular weight excluding hydrogens is 321 g/mol. The highest BCUT2D eigenvalue weighted by Gasteiger charge is 2.22. The molecule has 0 aliphatic carbocycles. The number of benzene rings is 2. The number of aromatic nitrogens is 4. The lowest BCUT2D eigenvalue weighted by molar-refractivity contribution is 0.621. The number of nitrogens with zero attached hydrogens (tertiary/aromatic N) is 4. The van der Waals surface area contributed by atoms with E-state index >= 15 is 0 Å². The van der Waals surface area contributed by atoms with Gasteiger partial charge in [0.25, 0.3) is 0 Å². The van der Waals surface area contributed by atoms with E-state index in [1.165, 1.54) is 0 Å². The molecule has 3 aromatic rings. The summed E-state index contributed by atoms with van der Waals surface area (Å²) < 4.78 is 1.65. The largest absolute Gasteiger partial charge is 0.307 e. The third-order valence-electron chi connectivity index (χ3n) is 3.31. The zero-order valence-electron chi connectivity index (χ0n) is 11.7. The first kappa shape index (κ1) is 15.0. The second kappa shape index (κ2) is 6.44. The van der Waals surface area contributed by atoms with Gasteiger partial charge < -0.3 is 5.32 Å². The Hall–Kier alpha value is -1.95. The standard InChI is InChI=1S/C15H13Cl2N5/c1-18-14(12-7-2-3-8-13(12)17)15-19-20-21-22(15)11-6-4-5-10(16)9-11/h2-9,14,18H,1H3. The zero-order chi connectivity index (χ0) is 15.5. The molecule has 0 aliphatic heterocycles. The maximum absolute atomic E-state index is 6.30. The fraction of sp³-hybridized carbons (Fsp3) is 0.133. The molecule has 22 heavy (non-hydrogen) atoms. The molecule has 1 N–H and O–H groups in total. The molecule has 0 fully saturated rings. The van der Waals surface area contributed by atoms with Crippen molar-refractivity contribution in [2.45, 2.75) is 6.04 Å². The molecule has 0 radical (unpaired) electrons. The van der Waals surface area contributed by atoms with Crippen molar-refractivity contribution >= 4 is 23.2 Å². The highest BCUT2D eigenvalue weighted by atomic mass is 35.5. The van der Waals surface area contributed by atoms with Gasteiger partial charge in [-0.25, -0.2) is 0 Å². The van der Waals surface area contributed by atoms with E-state index in [1.54, 1.807) is 16.8 Å². The molecule has 1 aromatic heterocycles. The number of halogens is 2. The van der Waals surface area contributed by atoms with E-state index in [4.69, 9.17) is 23.2 Å². The SMILES string of the molecule is CNC(c1ccccc1Cl)c1nnnn1-c1cccc(Cl)c1. The van der Waals surface area contributed by atoms with E-state index in [1.807, 2.05) is 43.4 Å². The normalized spacial score (nSPS) is 12.3. The van der Waals surface area contributed by atoms with Gasteiger partial charge in [-0.1, -0.05) is 47.5 Å². The van der Waals surface area contributed by atoms with Crippen molar-refractivity contribution in [2.24, 2.45) is 0 Å². The maximum atomic E-state index is 6.30. The van der Waals surface area contributed by atoms with E-state index in [2.05, 4.69) is 20.8 Å². The summed E-state index contributed by atoms with van der Waals surface area (Å²) in [6.07, 6.45) is 0. The third-order valence-corrected chi connectivity index (χ3v) is 3.89. The first-order valence-electron chi connectivity index (χ1n) is 6.66. The van der Waals surface area contributed by atoms with Crippen LogP contribution in [0.4, 0.5) is 0 Å². The highest BCUT2D eigenvalue weighted by Crippen LogP contribution is 2.27. The van der Waals surface area contributed by atoms with Gasteiger partial charge in [0, 0.05) is 10.0 Å². The summed E-state index contributed by atoms with van der Waals surface area (Å²) in [4.78, 5) is 0. The number of rotatable bonds is 4. The molecule has 3 rings (SSSR count). The van der Waals surface area contributed by atoms with Crippen molar-refractivity contribution in [1.82, 2.24) is 25.5 Å². The molecular formula is C15H13Cl2N5. The Morgan fingerprint density at radius 1 is 1.09 bits per heavy atom. The molecule has 1 heterocycles. The van der Waals surface area contributed by atoms with Gasteiger partial charge in [-0.2, -0.15) is 4.68 Å². The lowest BCUT2D eigenvalue weighted by Gasteiger charge is -2.17. The van der Waals surface area contributed by atoms with Crippen LogP contribution in [-0.4, -0.2) is 27.3 Å². The van der Waals surface area contributed by atoms with Crippen LogP contribution in [0.2, 0.25) is 10.0 Å². The summed E-state index contributed by atoms with van der Waals surface area (Å²) in [7, 11) is 1.84. The fourth-order valence-electron chi connectivity index (χ4n) is 2.30. The van der Waals surface area contributed by atoms with Crippen molar-refractivity contribution in [3.63, 3.8) is 0 Å². The Kier molecular flexibility index (Phi) is 4.38. The quantitative estimate of drug-likeness (QED) is 0.796. The summed E-state index contributed by atoms with van der Waals surface area (Å²) in [6, 6.07) is 14.7. The molecule has 112 valence electrons. The van der Waals surface area contributed by atoms with Crippen molar-refractivity contribution in [2.75, 3.05) is 7.05 Å². The topological polar surface area (TPSA) is 55.6 Å². The molecule has 1 unspecified atom stereocenters. The Labute approximate surface area is 137 Å². The van der Waals surface area contributed by atoms with E-state index in [-0.39, 0.29) is 6.04 Å². The molecule has 0 bridgehead atoms. The Balaban J connectivity index is 2.09. The predicted molar refractivity (Wildman–Crippen MR) is 86.5 cm³/mol. The van der Waals surface area contributed by atoms with Gasteiger partial charge in [-0.05, 0) is 47.3 Å². The van der Waals surface area contributed by atoms with Crippen LogP contribution in [0.25, 0.3) is 5.69 Å². The molecule has 0 saturated heterocycles. The molecule has 0 spiro atoms. The molecule has 0 aliphatic rings. The maximum Gasteiger partial charge on any atom is 0.178 e. The van der Waals surface area contributed by atoms with Crippen LogP contribution in [0.15, 0.2) is 48.5 Å². The minimum absolute atomic E-state index is 0.234. The summed E-state index contributed by atoms with van der Waals surface area (Å²) in [5.74, 6) is 0.637. The summed E-state index contributed by atoms with van der Waals surface area (Å²) >= 11 is 12.4. The summed E-state index contributed by atoms with van der Waals surface area (Å²) in [6.45, 7) is 0. The van der Waals surface area contributed by atoms with Gasteiger partial charge in [0.1, 0.15) is 0 Å². The Bertz CT molecular complexity index is 787. The average Bonchev–Trinajstić information content (AvgIpc) is 2.99. The smallest absolute Gasteiger partial charge is 0.178 e. The molecule has 1 atom stereocenters. The number of tetrazole rings is 1. The van der Waals surface area contributed by atoms with Gasteiger partial charge in [-0.15, -0.1) is 5.10 Å². The van der Waals surface area contributed by atoms with Crippen LogP contribution in [0.5, 0.6) is 0 Å². The van der Waals surface area contributed by atoms with Gasteiger partial charge in [0.15, 0.2) is 5.82 Å². The number of hydrogen-bond donors (Lipinski definition) is 1. The second-order valence-corrected chi connectivity index (χ2v) is 5.52. The Morgan fingerprint density at radius 3 is 2.64 bits per heavy atom. The van der Waals surface area contributed by atoms with E-state index in [9.17, 15) is 0 Å². The summed E-state index contributed by atoms with van der Waals surface area (Å²) in [5.41, 5.74) is 1.70. The van der Waals surface area contributed by atoms with Crippen LogP contribution < -0.4 is 5.32 Å². The van der Waals surface area contributed by atoms with Crippen molar-refractivity contribution in [1.29, 1.82) is 0 Å². The Morgan fingerprint density at radius 2 is 1.91 bits per heavy atom. The van der Waals surface area contributed by atoms with Crippen LogP contribution >= 0.6 is 23.2 Å². The van der Waals surface area contributed by atoms with Crippen molar-refractivity contribution < 1.29 is 0 Å². The lowest BCUT2D eigenvalue weighted by atomic mass is 10.1. The van der Waals surface area contributed by atoms with Gasteiger partial charge in [0.05, 0.1) is 11.7 Å². The molecule has 2 aromatic carbocycles. The van der Waals surface area contributed by atoms with Gasteiger partial charge >= 0.3 is 0 Å². The molecule has 7 heteroatoms. The monoisotopic (exact) mass is 333 g/mol. The van der Waals surface area contributed by atoms with Crippen LogP contribution in [0.1, 0.15) is 17.4 Å². The summed E-state index contributed by atoms with van der Waals surface area (Å²) in [5, 5.41) is 16.5. The van der Waals surface area contributed by atoms with Crippen LogP contribution in [0, 0.1) is 0 Å². The second-order valence-electron chi connectivity index (χ2n) is 4.67. The number of nitrogens with one attached hydrogen (secondary N) is 1. The van der Waals surface area contributed by atoms with Crippen molar-refractivity contribution in [3.05, 3.63) is 70.0 Å². The van der Waals surface area contributed by atoms with E-state index < -0.39 is 0 Å². The zero-order valence-corrected chi connectivity index (χ0v) is 13.3. The first-order chi connectivity index (χ1) is 10.7. The van der Waals surface area contributed by atoms with Crippen molar-refractivity contribution in [3.8, 4) is 5.69 Å². The minimum Gasteiger partial charge on any atom is -0.307 e. The average molecular weight is 334 g/mol. The molecule has 0 amide bonds. The fourth-order valence-corrected chi connectivity index (χ4v) is 2.73. The minimum atomic E-state index is -0.234. The third kappa shape index (κ3) is 2.83. The molecule has 5 nitrogen and oxygen atoms in total. The van der Waals surface area contributed by atoms with E-state index in [0.717, 1.165) is 11.3 Å². The van der Waals surface area contributed by atoms with Crippen LogP contribution in [0.3, 0.4) is 0 Å². The molecule has 0 saturated carbocycles. The number of hydrogen-bond acceptors (Lipinski definition) is 4. The predicted octanol–water partition coefficient (Wildman–Crippen LogP) is 3.28. The van der Waals surface area contributed by atoms with Gasteiger partial charge in [0.2, 0.25) is 0 Å². The van der Waals surface area contributed by atoms with E-state index in [0.29, 0.717) is 15.9 Å². The first-order valence-corrected chi connectivity index (χ1v) is 7.42. The van der Waals surface area contributed by atoms with Crippen LogP contribution in [-0.2, 0) is 0 Å². The highest BCUT2D eigenvalue weighted by molar-refractivity contribution is 6.31. The van der Waals surface area contributed by atoms with Gasteiger partial charge in [-0.3, -0.25) is 0 Å². The lowest BCUT2D eigenvalue weighted by Crippen LogP contribution is -2.22.